The maximum absolute atomic E-state index is 13.4. The lowest BCUT2D eigenvalue weighted by Gasteiger charge is -2.50. The molecule has 162 valence electrons. The van der Waals surface area contributed by atoms with E-state index in [1.165, 1.54) is 9.80 Å². The first-order chi connectivity index (χ1) is 14.9. The quantitative estimate of drug-likeness (QED) is 0.527. The van der Waals surface area contributed by atoms with E-state index in [0.717, 1.165) is 5.56 Å². The third kappa shape index (κ3) is 3.44. The van der Waals surface area contributed by atoms with Crippen LogP contribution in [-0.4, -0.2) is 47.6 Å². The van der Waals surface area contributed by atoms with Crippen LogP contribution < -0.4 is 9.64 Å². The number of para-hydroxylation sites is 1. The molecule has 0 radical (unpaired) electrons. The van der Waals surface area contributed by atoms with Crippen LogP contribution in [0.25, 0.3) is 0 Å². The summed E-state index contributed by atoms with van der Waals surface area (Å²) in [7, 11) is 0. The molecule has 31 heavy (non-hydrogen) atoms. The van der Waals surface area contributed by atoms with Gasteiger partial charge in [-0.2, -0.15) is 0 Å². The second-order valence-electron chi connectivity index (χ2n) is 8.13. The standard InChI is InChI=1S/C24H26N2O5/c1-16(2)25-22(28)19-9-4-5-10-20(19)26-21(27)11-12-24(25,26)23(29)31-14-13-30-18-8-6-7-17(3)15-18/h4-10,15-16H,11-14H2,1-3H3/t24-/m0/s1. The summed E-state index contributed by atoms with van der Waals surface area (Å²) in [6, 6.07) is 14.2. The number of hydrogen-bond acceptors (Lipinski definition) is 5. The molecule has 4 rings (SSSR count). The lowest BCUT2D eigenvalue weighted by Crippen LogP contribution is -2.70. The summed E-state index contributed by atoms with van der Waals surface area (Å²) in [5.41, 5.74) is 0.470. The molecule has 1 fully saturated rings. The van der Waals surface area contributed by atoms with Crippen molar-refractivity contribution in [3.05, 3.63) is 59.7 Å². The highest BCUT2D eigenvalue weighted by molar-refractivity contribution is 6.15. The summed E-state index contributed by atoms with van der Waals surface area (Å²) >= 11 is 0. The number of carbonyl (C=O) groups excluding carboxylic acids is 3. The fourth-order valence-corrected chi connectivity index (χ4v) is 4.49. The Morgan fingerprint density at radius 3 is 2.61 bits per heavy atom. The fraction of sp³-hybridized carbons (Fsp3) is 0.375. The van der Waals surface area contributed by atoms with E-state index in [4.69, 9.17) is 9.47 Å². The monoisotopic (exact) mass is 422 g/mol. The van der Waals surface area contributed by atoms with Crippen molar-refractivity contribution in [3.8, 4) is 5.75 Å². The van der Waals surface area contributed by atoms with E-state index in [9.17, 15) is 14.4 Å². The van der Waals surface area contributed by atoms with Crippen LogP contribution in [0.5, 0.6) is 5.75 Å². The predicted molar refractivity (Wildman–Crippen MR) is 115 cm³/mol. The molecule has 0 saturated carbocycles. The maximum Gasteiger partial charge on any atom is 0.353 e. The van der Waals surface area contributed by atoms with E-state index in [1.807, 2.05) is 45.0 Å². The molecule has 0 bridgehead atoms. The Labute approximate surface area is 181 Å². The van der Waals surface area contributed by atoms with Gasteiger partial charge in [0.1, 0.15) is 19.0 Å². The van der Waals surface area contributed by atoms with E-state index < -0.39 is 11.6 Å². The zero-order chi connectivity index (χ0) is 22.2. The van der Waals surface area contributed by atoms with Gasteiger partial charge in [0.15, 0.2) is 0 Å². The first-order valence-electron chi connectivity index (χ1n) is 10.5. The second kappa shape index (κ2) is 8.06. The van der Waals surface area contributed by atoms with E-state index in [1.54, 1.807) is 24.3 Å². The molecular weight excluding hydrogens is 396 g/mol. The minimum atomic E-state index is -1.47. The van der Waals surface area contributed by atoms with Gasteiger partial charge in [-0.1, -0.05) is 24.3 Å². The van der Waals surface area contributed by atoms with Crippen LogP contribution in [-0.2, 0) is 14.3 Å². The highest BCUT2D eigenvalue weighted by Crippen LogP contribution is 2.45. The Hall–Kier alpha value is -3.35. The van der Waals surface area contributed by atoms with Crippen molar-refractivity contribution in [1.29, 1.82) is 0 Å². The summed E-state index contributed by atoms with van der Waals surface area (Å²) in [5.74, 6) is -0.386. The van der Waals surface area contributed by atoms with Crippen LogP contribution in [0.2, 0.25) is 0 Å². The smallest absolute Gasteiger partial charge is 0.353 e. The highest BCUT2D eigenvalue weighted by Gasteiger charge is 2.62. The Morgan fingerprint density at radius 2 is 1.87 bits per heavy atom. The average molecular weight is 422 g/mol. The van der Waals surface area contributed by atoms with Gasteiger partial charge >= 0.3 is 5.97 Å². The van der Waals surface area contributed by atoms with Gasteiger partial charge in [0.25, 0.3) is 5.91 Å². The molecule has 0 N–H and O–H groups in total. The third-order valence-electron chi connectivity index (χ3n) is 5.72. The van der Waals surface area contributed by atoms with Gasteiger partial charge in [0.05, 0.1) is 11.3 Å². The summed E-state index contributed by atoms with van der Waals surface area (Å²) < 4.78 is 11.2. The Morgan fingerprint density at radius 1 is 1.10 bits per heavy atom. The van der Waals surface area contributed by atoms with Crippen LogP contribution in [0.1, 0.15) is 42.6 Å². The van der Waals surface area contributed by atoms with Crippen LogP contribution in [0.3, 0.4) is 0 Å². The molecule has 0 aromatic heterocycles. The summed E-state index contributed by atoms with van der Waals surface area (Å²) in [6.07, 6.45) is 0.362. The van der Waals surface area contributed by atoms with Crippen molar-refractivity contribution in [2.45, 2.75) is 45.3 Å². The van der Waals surface area contributed by atoms with Crippen molar-refractivity contribution in [3.63, 3.8) is 0 Å². The maximum atomic E-state index is 13.4. The fourth-order valence-electron chi connectivity index (χ4n) is 4.49. The van der Waals surface area contributed by atoms with Crippen LogP contribution in [0.15, 0.2) is 48.5 Å². The molecule has 2 aromatic rings. The molecule has 0 spiro atoms. The largest absolute Gasteiger partial charge is 0.490 e. The molecule has 2 amide bonds. The van der Waals surface area contributed by atoms with Crippen LogP contribution in [0.4, 0.5) is 5.69 Å². The van der Waals surface area contributed by atoms with Gasteiger partial charge < -0.3 is 14.4 Å². The second-order valence-corrected chi connectivity index (χ2v) is 8.13. The SMILES string of the molecule is Cc1cccc(OCCOC(=O)[C@]23CCC(=O)N2c2ccccc2C(=O)N3C(C)C)c1. The van der Waals surface area contributed by atoms with Gasteiger partial charge in [-0.05, 0) is 50.6 Å². The molecule has 1 atom stereocenters. The number of carbonyl (C=O) groups is 3. The van der Waals surface area contributed by atoms with E-state index >= 15 is 0 Å². The number of rotatable bonds is 6. The van der Waals surface area contributed by atoms with E-state index in [2.05, 4.69) is 0 Å². The van der Waals surface area contributed by atoms with Crippen molar-refractivity contribution < 1.29 is 23.9 Å². The topological polar surface area (TPSA) is 76.1 Å². The predicted octanol–water partition coefficient (Wildman–Crippen LogP) is 3.30. The first kappa shape index (κ1) is 20.9. The summed E-state index contributed by atoms with van der Waals surface area (Å²) in [5, 5.41) is 0. The molecule has 0 unspecified atom stereocenters. The average Bonchev–Trinajstić information content (AvgIpc) is 3.09. The lowest BCUT2D eigenvalue weighted by molar-refractivity contribution is -0.159. The normalized spacial score (nSPS) is 20.0. The van der Waals surface area contributed by atoms with Gasteiger partial charge in [-0.15, -0.1) is 0 Å². The molecular formula is C24H26N2O5. The molecule has 2 heterocycles. The Balaban J connectivity index is 1.58. The molecule has 2 aliphatic rings. The number of nitrogens with zero attached hydrogens (tertiary/aromatic N) is 2. The van der Waals surface area contributed by atoms with Gasteiger partial charge in [-0.3, -0.25) is 14.5 Å². The number of anilines is 1. The number of ether oxygens (including phenoxy) is 2. The molecule has 1 saturated heterocycles. The summed E-state index contributed by atoms with van der Waals surface area (Å²) in [6.45, 7) is 5.82. The van der Waals surface area contributed by atoms with E-state index in [0.29, 0.717) is 17.0 Å². The Kier molecular flexibility index (Phi) is 5.43. The molecule has 0 aliphatic carbocycles. The Bertz CT molecular complexity index is 1030. The number of benzene rings is 2. The molecule has 2 aliphatic heterocycles. The van der Waals surface area contributed by atoms with Gasteiger partial charge in [-0.25, -0.2) is 4.79 Å². The van der Waals surface area contributed by atoms with Crippen molar-refractivity contribution >= 4 is 23.5 Å². The number of amides is 2. The number of fused-ring (bicyclic) bond motifs is 3. The molecule has 2 aromatic carbocycles. The van der Waals surface area contributed by atoms with Crippen molar-refractivity contribution in [1.82, 2.24) is 4.90 Å². The zero-order valence-electron chi connectivity index (χ0n) is 18.0. The molecule has 7 nitrogen and oxygen atoms in total. The van der Waals surface area contributed by atoms with Crippen LogP contribution >= 0.6 is 0 Å². The van der Waals surface area contributed by atoms with Crippen LogP contribution in [0, 0.1) is 6.92 Å². The minimum absolute atomic E-state index is 0.0122. The van der Waals surface area contributed by atoms with Gasteiger partial charge in [0, 0.05) is 18.9 Å². The first-order valence-corrected chi connectivity index (χ1v) is 10.5. The van der Waals surface area contributed by atoms with E-state index in [-0.39, 0.29) is 43.9 Å². The number of aryl methyl sites for hydroxylation is 1. The van der Waals surface area contributed by atoms with Gasteiger partial charge in [0.2, 0.25) is 11.6 Å². The third-order valence-corrected chi connectivity index (χ3v) is 5.72. The summed E-state index contributed by atoms with van der Waals surface area (Å²) in [4.78, 5) is 42.5. The van der Waals surface area contributed by atoms with Crippen molar-refractivity contribution in [2.24, 2.45) is 0 Å². The highest BCUT2D eigenvalue weighted by atomic mass is 16.6. The number of esters is 1. The molecule has 7 heteroatoms. The van der Waals surface area contributed by atoms with Crippen molar-refractivity contribution in [2.75, 3.05) is 18.1 Å². The lowest BCUT2D eigenvalue weighted by atomic mass is 9.95. The zero-order valence-corrected chi connectivity index (χ0v) is 18.0. The number of hydrogen-bond donors (Lipinski definition) is 0. The minimum Gasteiger partial charge on any atom is -0.490 e.